The molecule has 2 aliphatic heterocycles. The highest BCUT2D eigenvalue weighted by Gasteiger charge is 2.61. The molecule has 0 radical (unpaired) electrons. The van der Waals surface area contributed by atoms with E-state index in [1.165, 1.54) is 4.90 Å². The van der Waals surface area contributed by atoms with E-state index in [4.69, 9.17) is 20.9 Å². The van der Waals surface area contributed by atoms with E-state index in [9.17, 15) is 9.59 Å². The number of hydrogen-bond donors (Lipinski definition) is 0. The lowest BCUT2D eigenvalue weighted by Crippen LogP contribution is -2.37. The van der Waals surface area contributed by atoms with Crippen LogP contribution < -0.4 is 9.96 Å². The Hall–Kier alpha value is -3.09. The number of carbonyl (C=O) groups is 2. The molecular formula is C22H17ClN2O4. The summed E-state index contributed by atoms with van der Waals surface area (Å²) in [5.74, 6) is -0.862. The maximum absolute atomic E-state index is 13.4. The standard InChI is InChI=1S/C22H17ClN2O4/c1-13-5-2-3-6-16(13)25-19(17-7-4-12-28-17)18-20(29-25)22(27)24(21(18)26)15-10-8-14(23)9-11-15/h2-12,18-20H,1H3. The van der Waals surface area contributed by atoms with E-state index in [2.05, 4.69) is 0 Å². The number of nitrogens with zero attached hydrogens (tertiary/aromatic N) is 2. The van der Waals surface area contributed by atoms with Gasteiger partial charge in [-0.05, 0) is 55.0 Å². The Labute approximate surface area is 172 Å². The fourth-order valence-corrected chi connectivity index (χ4v) is 4.15. The molecule has 0 aliphatic carbocycles. The molecule has 1 aromatic heterocycles. The zero-order chi connectivity index (χ0) is 20.1. The van der Waals surface area contributed by atoms with Crippen molar-refractivity contribution < 1.29 is 18.8 Å². The van der Waals surface area contributed by atoms with Crippen LogP contribution in [-0.4, -0.2) is 17.9 Å². The van der Waals surface area contributed by atoms with Gasteiger partial charge < -0.3 is 4.42 Å². The number of benzene rings is 2. The van der Waals surface area contributed by atoms with E-state index >= 15 is 0 Å². The van der Waals surface area contributed by atoms with Crippen LogP contribution in [0.3, 0.4) is 0 Å². The zero-order valence-electron chi connectivity index (χ0n) is 15.5. The van der Waals surface area contributed by atoms with Crippen LogP contribution in [0.25, 0.3) is 0 Å². The molecule has 0 N–H and O–H groups in total. The molecule has 5 rings (SSSR count). The molecule has 2 amide bonds. The Morgan fingerprint density at radius 1 is 0.931 bits per heavy atom. The Bertz CT molecular complexity index is 1080. The first kappa shape index (κ1) is 18.0. The van der Waals surface area contributed by atoms with Crippen LogP contribution in [0.4, 0.5) is 11.4 Å². The van der Waals surface area contributed by atoms with E-state index in [1.54, 1.807) is 47.7 Å². The maximum Gasteiger partial charge on any atom is 0.266 e. The summed E-state index contributed by atoms with van der Waals surface area (Å²) in [4.78, 5) is 33.8. The highest BCUT2D eigenvalue weighted by atomic mass is 35.5. The number of imide groups is 1. The van der Waals surface area contributed by atoms with E-state index in [0.717, 1.165) is 11.3 Å². The first-order valence-electron chi connectivity index (χ1n) is 9.24. The highest BCUT2D eigenvalue weighted by Crippen LogP contribution is 2.48. The summed E-state index contributed by atoms with van der Waals surface area (Å²) in [7, 11) is 0. The Morgan fingerprint density at radius 3 is 2.38 bits per heavy atom. The quantitative estimate of drug-likeness (QED) is 0.605. The highest BCUT2D eigenvalue weighted by molar-refractivity contribution is 6.31. The molecule has 2 fully saturated rings. The number of anilines is 2. The summed E-state index contributed by atoms with van der Waals surface area (Å²) in [5, 5.41) is 2.17. The second kappa shape index (κ2) is 6.76. The van der Waals surface area contributed by atoms with Crippen molar-refractivity contribution in [1.29, 1.82) is 0 Å². The predicted octanol–water partition coefficient (Wildman–Crippen LogP) is 4.29. The molecule has 3 atom stereocenters. The zero-order valence-corrected chi connectivity index (χ0v) is 16.2. The van der Waals surface area contributed by atoms with Crippen LogP contribution in [-0.2, 0) is 14.4 Å². The molecule has 3 aromatic rings. The van der Waals surface area contributed by atoms with Crippen molar-refractivity contribution in [2.45, 2.75) is 19.1 Å². The maximum atomic E-state index is 13.4. The number of hydroxylamine groups is 1. The Kier molecular flexibility index (Phi) is 4.19. The van der Waals surface area contributed by atoms with E-state index in [0.29, 0.717) is 16.5 Å². The number of para-hydroxylation sites is 1. The molecule has 29 heavy (non-hydrogen) atoms. The van der Waals surface area contributed by atoms with E-state index in [1.807, 2.05) is 31.2 Å². The number of rotatable bonds is 3. The third-order valence-electron chi connectivity index (χ3n) is 5.39. The van der Waals surface area contributed by atoms with Gasteiger partial charge in [0.25, 0.3) is 5.91 Å². The topological polar surface area (TPSA) is 63.0 Å². The summed E-state index contributed by atoms with van der Waals surface area (Å²) >= 11 is 5.95. The van der Waals surface area contributed by atoms with Crippen molar-refractivity contribution in [3.63, 3.8) is 0 Å². The van der Waals surface area contributed by atoms with Gasteiger partial charge >= 0.3 is 0 Å². The molecular weight excluding hydrogens is 392 g/mol. The summed E-state index contributed by atoms with van der Waals surface area (Å²) in [5.41, 5.74) is 2.24. The van der Waals surface area contributed by atoms with E-state index < -0.39 is 24.0 Å². The molecule has 0 spiro atoms. The van der Waals surface area contributed by atoms with Gasteiger partial charge in [-0.1, -0.05) is 29.8 Å². The van der Waals surface area contributed by atoms with Crippen molar-refractivity contribution >= 4 is 34.8 Å². The van der Waals surface area contributed by atoms with Crippen LogP contribution >= 0.6 is 11.6 Å². The van der Waals surface area contributed by atoms with Gasteiger partial charge in [0.1, 0.15) is 17.7 Å². The van der Waals surface area contributed by atoms with Crippen LogP contribution in [0.15, 0.2) is 71.3 Å². The fourth-order valence-electron chi connectivity index (χ4n) is 4.03. The minimum atomic E-state index is -0.923. The van der Waals surface area contributed by atoms with Crippen molar-refractivity contribution in [3.05, 3.63) is 83.3 Å². The molecule has 3 heterocycles. The average molecular weight is 409 g/mol. The molecule has 2 aliphatic rings. The van der Waals surface area contributed by atoms with Crippen molar-refractivity contribution in [2.75, 3.05) is 9.96 Å². The van der Waals surface area contributed by atoms with Crippen molar-refractivity contribution in [3.8, 4) is 0 Å². The Balaban J connectivity index is 1.58. The van der Waals surface area contributed by atoms with E-state index in [-0.39, 0.29) is 5.91 Å². The number of fused-ring (bicyclic) bond motifs is 1. The molecule has 2 saturated heterocycles. The molecule has 3 unspecified atom stereocenters. The van der Waals surface area contributed by atoms with Crippen LogP contribution in [0.2, 0.25) is 5.02 Å². The molecule has 0 bridgehead atoms. The third-order valence-corrected chi connectivity index (χ3v) is 5.64. The van der Waals surface area contributed by atoms with Gasteiger partial charge in [-0.15, -0.1) is 0 Å². The minimum Gasteiger partial charge on any atom is -0.467 e. The number of carbonyl (C=O) groups excluding carboxylic acids is 2. The molecule has 0 saturated carbocycles. The normalized spacial score (nSPS) is 23.7. The lowest BCUT2D eigenvalue weighted by atomic mass is 9.94. The number of furan rings is 1. The number of halogens is 1. The van der Waals surface area contributed by atoms with Crippen molar-refractivity contribution in [2.24, 2.45) is 5.92 Å². The van der Waals surface area contributed by atoms with Gasteiger partial charge in [0.2, 0.25) is 5.91 Å². The van der Waals surface area contributed by atoms with Gasteiger partial charge in [-0.25, -0.2) is 9.96 Å². The molecule has 146 valence electrons. The number of aryl methyl sites for hydroxylation is 1. The second-order valence-corrected chi connectivity index (χ2v) is 7.55. The van der Waals surface area contributed by atoms with Gasteiger partial charge in [-0.3, -0.25) is 14.4 Å². The summed E-state index contributed by atoms with van der Waals surface area (Å²) in [6.45, 7) is 1.95. The van der Waals surface area contributed by atoms with Gasteiger partial charge in [-0.2, -0.15) is 0 Å². The van der Waals surface area contributed by atoms with Crippen molar-refractivity contribution in [1.82, 2.24) is 0 Å². The van der Waals surface area contributed by atoms with Crippen LogP contribution in [0.1, 0.15) is 17.4 Å². The first-order chi connectivity index (χ1) is 14.1. The SMILES string of the molecule is Cc1ccccc1N1OC2C(=O)N(c3ccc(Cl)cc3)C(=O)C2C1c1ccco1. The van der Waals surface area contributed by atoms with Gasteiger partial charge in [0.05, 0.1) is 17.6 Å². The minimum absolute atomic E-state index is 0.320. The van der Waals surface area contributed by atoms with Crippen LogP contribution in [0.5, 0.6) is 0 Å². The number of amides is 2. The summed E-state index contributed by atoms with van der Waals surface area (Å²) < 4.78 is 5.64. The first-order valence-corrected chi connectivity index (χ1v) is 9.62. The lowest BCUT2D eigenvalue weighted by molar-refractivity contribution is -0.126. The summed E-state index contributed by atoms with van der Waals surface area (Å²) in [6, 6.07) is 17.3. The number of hydrogen-bond acceptors (Lipinski definition) is 5. The second-order valence-electron chi connectivity index (χ2n) is 7.11. The lowest BCUT2D eigenvalue weighted by Gasteiger charge is -2.28. The third kappa shape index (κ3) is 2.75. The fraction of sp³-hybridized carbons (Fsp3) is 0.182. The molecule has 6 nitrogen and oxygen atoms in total. The smallest absolute Gasteiger partial charge is 0.266 e. The average Bonchev–Trinajstić information content (AvgIpc) is 3.41. The van der Waals surface area contributed by atoms with Crippen LogP contribution in [0, 0.1) is 12.8 Å². The van der Waals surface area contributed by atoms with Gasteiger partial charge in [0.15, 0.2) is 6.10 Å². The largest absolute Gasteiger partial charge is 0.467 e. The summed E-state index contributed by atoms with van der Waals surface area (Å²) in [6.07, 6.45) is 0.629. The monoisotopic (exact) mass is 408 g/mol. The van der Waals surface area contributed by atoms with Gasteiger partial charge in [0, 0.05) is 5.02 Å². The Morgan fingerprint density at radius 2 is 1.69 bits per heavy atom. The predicted molar refractivity (Wildman–Crippen MR) is 107 cm³/mol. The molecule has 2 aromatic carbocycles. The molecule has 7 heteroatoms.